The van der Waals surface area contributed by atoms with Gasteiger partial charge in [-0.2, -0.15) is 0 Å². The van der Waals surface area contributed by atoms with Crippen LogP contribution >= 0.6 is 0 Å². The highest BCUT2D eigenvalue weighted by atomic mass is 32.2. The molecule has 1 aliphatic heterocycles. The van der Waals surface area contributed by atoms with Crippen molar-refractivity contribution in [3.05, 3.63) is 96.1 Å². The second-order valence-electron chi connectivity index (χ2n) is 12.8. The zero-order chi connectivity index (χ0) is 35.4. The monoisotopic (exact) mass is 679 g/mol. The number of phenolic OH excluding ortho intramolecular Hbond substituents is 2. The van der Waals surface area contributed by atoms with Gasteiger partial charge in [0.05, 0.1) is 17.9 Å². The highest BCUT2D eigenvalue weighted by Gasteiger charge is 2.33. The van der Waals surface area contributed by atoms with Crippen molar-refractivity contribution in [3.63, 3.8) is 0 Å². The molecule has 3 aromatic rings. The lowest BCUT2D eigenvalue weighted by atomic mass is 9.97. The Morgan fingerprint density at radius 1 is 0.896 bits per heavy atom. The van der Waals surface area contributed by atoms with E-state index in [1.54, 1.807) is 41.3 Å². The smallest absolute Gasteiger partial charge is 0.325 e. The number of rotatable bonds is 12. The van der Waals surface area contributed by atoms with Gasteiger partial charge in [-0.25, -0.2) is 13.2 Å². The van der Waals surface area contributed by atoms with Crippen LogP contribution in [0.2, 0.25) is 0 Å². The molecule has 0 unspecified atom stereocenters. The standard InChI is InChI=1S/C32H47N3O5S.C6H6O/c1-8-30(26-10-13-28(36)14-11-26)35(25(6)29-15-12-27(23(2)3)22-31(29)40-24(4)5)32(37)34-19-17-33(18-20-34)16-9-21-41(7,38)39;7-6-4-2-1-3-5-6/h10-15,22-24,30,36H,6,8-9,16-21H2,1-5,7H3;1-5,7H/t30-;/m0./s1. The number of phenols is 2. The van der Waals surface area contributed by atoms with E-state index >= 15 is 0 Å². The number of piperazine rings is 1. The maximum atomic E-state index is 14.3. The normalized spacial score (nSPS) is 14.3. The number of para-hydroxylation sites is 1. The Bertz CT molecular complexity index is 1570. The molecule has 2 amide bonds. The summed E-state index contributed by atoms with van der Waals surface area (Å²) in [7, 11) is -2.99. The highest BCUT2D eigenvalue weighted by molar-refractivity contribution is 7.90. The lowest BCUT2D eigenvalue weighted by Gasteiger charge is -2.41. The molecule has 262 valence electrons. The third-order valence-corrected chi connectivity index (χ3v) is 9.24. The van der Waals surface area contributed by atoms with E-state index in [0.717, 1.165) is 16.7 Å². The number of sulfone groups is 1. The fourth-order valence-corrected chi connectivity index (χ4v) is 6.27. The molecule has 0 aliphatic carbocycles. The summed E-state index contributed by atoms with van der Waals surface area (Å²) in [6.07, 6.45) is 2.44. The summed E-state index contributed by atoms with van der Waals surface area (Å²) in [6.45, 7) is 17.9. The first-order valence-corrected chi connectivity index (χ1v) is 18.8. The molecule has 4 rings (SSSR count). The Morgan fingerprint density at radius 2 is 1.48 bits per heavy atom. The van der Waals surface area contributed by atoms with Crippen molar-refractivity contribution in [2.75, 3.05) is 44.7 Å². The Hall–Kier alpha value is -4.02. The maximum Gasteiger partial charge on any atom is 0.325 e. The number of urea groups is 1. The first-order chi connectivity index (χ1) is 22.7. The molecule has 1 atom stereocenters. The van der Waals surface area contributed by atoms with Gasteiger partial charge in [0.2, 0.25) is 0 Å². The SMILES string of the molecule is C=C(c1ccc(C(C)C)cc1OC(C)C)N(C(=O)N1CCN(CCCS(C)(=O)=O)CC1)[C@@H](CC)c1ccc(O)cc1.Oc1ccccc1. The average Bonchev–Trinajstić information content (AvgIpc) is 3.03. The number of ether oxygens (including phenoxy) is 1. The van der Waals surface area contributed by atoms with E-state index in [1.165, 1.54) is 6.26 Å². The molecule has 0 bridgehead atoms. The third kappa shape index (κ3) is 11.6. The van der Waals surface area contributed by atoms with Crippen LogP contribution in [-0.2, 0) is 9.84 Å². The molecule has 10 heteroatoms. The van der Waals surface area contributed by atoms with Crippen LogP contribution in [0, 0.1) is 0 Å². The van der Waals surface area contributed by atoms with Crippen molar-refractivity contribution < 1.29 is 28.2 Å². The number of amides is 2. The lowest BCUT2D eigenvalue weighted by Crippen LogP contribution is -2.53. The van der Waals surface area contributed by atoms with E-state index in [1.807, 2.05) is 56.0 Å². The van der Waals surface area contributed by atoms with Crippen LogP contribution < -0.4 is 4.74 Å². The minimum Gasteiger partial charge on any atom is -0.508 e. The minimum absolute atomic E-state index is 0.0528. The van der Waals surface area contributed by atoms with Crippen molar-refractivity contribution in [2.24, 2.45) is 0 Å². The molecule has 2 N–H and O–H groups in total. The van der Waals surface area contributed by atoms with Crippen LogP contribution in [0.4, 0.5) is 4.79 Å². The summed E-state index contributed by atoms with van der Waals surface area (Å²) in [5.74, 6) is 1.68. The molecule has 1 fully saturated rings. The Morgan fingerprint density at radius 3 is 1.98 bits per heavy atom. The van der Waals surface area contributed by atoms with Crippen molar-refractivity contribution in [1.29, 1.82) is 0 Å². The number of benzene rings is 3. The number of hydrogen-bond donors (Lipinski definition) is 2. The Kier molecular flexibility index (Phi) is 14.4. The van der Waals surface area contributed by atoms with Crippen LogP contribution in [0.15, 0.2) is 79.4 Å². The predicted molar refractivity (Wildman–Crippen MR) is 194 cm³/mol. The van der Waals surface area contributed by atoms with E-state index in [0.29, 0.717) is 68.7 Å². The van der Waals surface area contributed by atoms with Gasteiger partial charge in [-0.3, -0.25) is 9.80 Å². The molecule has 0 spiro atoms. The summed E-state index contributed by atoms with van der Waals surface area (Å²) in [5.41, 5.74) is 3.39. The topological polar surface area (TPSA) is 111 Å². The van der Waals surface area contributed by atoms with Crippen molar-refractivity contribution in [2.45, 2.75) is 65.5 Å². The van der Waals surface area contributed by atoms with Gasteiger partial charge in [-0.05, 0) is 86.7 Å². The van der Waals surface area contributed by atoms with E-state index < -0.39 is 9.84 Å². The van der Waals surface area contributed by atoms with Crippen LogP contribution in [0.25, 0.3) is 5.70 Å². The largest absolute Gasteiger partial charge is 0.508 e. The molecular formula is C38H53N3O6S. The molecular weight excluding hydrogens is 627 g/mol. The van der Waals surface area contributed by atoms with Crippen molar-refractivity contribution in [1.82, 2.24) is 14.7 Å². The van der Waals surface area contributed by atoms with Gasteiger partial charge < -0.3 is 19.8 Å². The average molecular weight is 680 g/mol. The third-order valence-electron chi connectivity index (χ3n) is 8.21. The van der Waals surface area contributed by atoms with Gasteiger partial charge >= 0.3 is 6.03 Å². The van der Waals surface area contributed by atoms with Crippen molar-refractivity contribution in [3.8, 4) is 17.2 Å². The summed E-state index contributed by atoms with van der Waals surface area (Å²) in [5, 5.41) is 18.5. The van der Waals surface area contributed by atoms with Crippen molar-refractivity contribution >= 4 is 21.6 Å². The zero-order valence-electron chi connectivity index (χ0n) is 29.3. The second kappa shape index (κ2) is 17.9. The summed E-state index contributed by atoms with van der Waals surface area (Å²) < 4.78 is 29.3. The number of aromatic hydroxyl groups is 2. The number of hydrogen-bond acceptors (Lipinski definition) is 7. The lowest BCUT2D eigenvalue weighted by molar-refractivity contribution is 0.116. The fourth-order valence-electron chi connectivity index (χ4n) is 5.61. The summed E-state index contributed by atoms with van der Waals surface area (Å²) >= 11 is 0. The molecule has 9 nitrogen and oxygen atoms in total. The van der Waals surface area contributed by atoms with Crippen LogP contribution in [0.1, 0.15) is 76.1 Å². The summed E-state index contributed by atoms with van der Waals surface area (Å²) in [4.78, 5) is 20.2. The summed E-state index contributed by atoms with van der Waals surface area (Å²) in [6, 6.07) is 21.4. The van der Waals surface area contributed by atoms with Gasteiger partial charge in [-0.1, -0.05) is 63.7 Å². The van der Waals surface area contributed by atoms with E-state index in [4.69, 9.17) is 9.84 Å². The van der Waals surface area contributed by atoms with Gasteiger partial charge in [-0.15, -0.1) is 0 Å². The number of carbonyl (C=O) groups is 1. The first-order valence-electron chi connectivity index (χ1n) is 16.7. The molecule has 0 aromatic heterocycles. The molecule has 0 saturated carbocycles. The van der Waals surface area contributed by atoms with Crippen LogP contribution in [-0.4, -0.2) is 90.2 Å². The number of nitrogens with zero attached hydrogens (tertiary/aromatic N) is 3. The molecule has 1 saturated heterocycles. The van der Waals surface area contributed by atoms with Gasteiger partial charge in [0, 0.05) is 43.7 Å². The predicted octanol–water partition coefficient (Wildman–Crippen LogP) is 7.29. The first kappa shape index (κ1) is 38.4. The number of carbonyl (C=O) groups excluding carboxylic acids is 1. The molecule has 48 heavy (non-hydrogen) atoms. The van der Waals surface area contributed by atoms with E-state index in [-0.39, 0.29) is 29.7 Å². The highest BCUT2D eigenvalue weighted by Crippen LogP contribution is 2.38. The van der Waals surface area contributed by atoms with Gasteiger partial charge in [0.25, 0.3) is 0 Å². The molecule has 1 aliphatic rings. The van der Waals surface area contributed by atoms with Crippen LogP contribution in [0.3, 0.4) is 0 Å². The molecule has 1 heterocycles. The van der Waals surface area contributed by atoms with Gasteiger partial charge in [0.1, 0.15) is 27.1 Å². The molecule has 3 aromatic carbocycles. The Balaban J connectivity index is 0.000000789. The molecule has 0 radical (unpaired) electrons. The Labute approximate surface area is 287 Å². The fraction of sp³-hybridized carbons (Fsp3) is 0.447. The quantitative estimate of drug-likeness (QED) is 0.207. The maximum absolute atomic E-state index is 14.3. The minimum atomic E-state index is -2.99. The van der Waals surface area contributed by atoms with E-state index in [9.17, 15) is 18.3 Å². The zero-order valence-corrected chi connectivity index (χ0v) is 30.1. The second-order valence-corrected chi connectivity index (χ2v) is 15.1. The van der Waals surface area contributed by atoms with Crippen LogP contribution in [0.5, 0.6) is 17.2 Å². The van der Waals surface area contributed by atoms with E-state index in [2.05, 4.69) is 31.4 Å². The van der Waals surface area contributed by atoms with Gasteiger partial charge in [0.15, 0.2) is 0 Å².